The summed E-state index contributed by atoms with van der Waals surface area (Å²) in [5.74, 6) is 0.732. The van der Waals surface area contributed by atoms with Crippen molar-refractivity contribution in [3.05, 3.63) is 28.2 Å². The molecule has 1 aliphatic rings. The Hall–Kier alpha value is -0.580. The molecule has 3 nitrogen and oxygen atoms in total. The summed E-state index contributed by atoms with van der Waals surface area (Å²) in [7, 11) is 0. The Kier molecular flexibility index (Phi) is 5.69. The summed E-state index contributed by atoms with van der Waals surface area (Å²) >= 11 is 3.57. The molecule has 1 aromatic carbocycles. The fraction of sp³-hybridized carbons (Fsp3) is 0.647. The first-order valence-electron chi connectivity index (χ1n) is 7.90. The van der Waals surface area contributed by atoms with Crippen LogP contribution in [0.15, 0.2) is 22.7 Å². The maximum atomic E-state index is 6.12. The zero-order valence-corrected chi connectivity index (χ0v) is 15.0. The van der Waals surface area contributed by atoms with Gasteiger partial charge in [-0.3, -0.25) is 0 Å². The summed E-state index contributed by atoms with van der Waals surface area (Å²) < 4.78 is 1.12. The van der Waals surface area contributed by atoms with Crippen molar-refractivity contribution in [2.24, 2.45) is 11.7 Å². The molecule has 1 aromatic rings. The zero-order chi connectivity index (χ0) is 15.5. The molecule has 3 N–H and O–H groups in total. The Balaban J connectivity index is 2.03. The molecule has 0 unspecified atom stereocenters. The van der Waals surface area contributed by atoms with Crippen LogP contribution in [0, 0.1) is 12.8 Å². The van der Waals surface area contributed by atoms with E-state index < -0.39 is 0 Å². The van der Waals surface area contributed by atoms with E-state index >= 15 is 0 Å². The van der Waals surface area contributed by atoms with Crippen LogP contribution in [0.5, 0.6) is 0 Å². The maximum Gasteiger partial charge on any atom is 0.0520 e. The molecule has 0 atom stereocenters. The maximum absolute atomic E-state index is 6.12. The van der Waals surface area contributed by atoms with Crippen molar-refractivity contribution in [3.8, 4) is 0 Å². The normalized spacial score (nSPS) is 19.0. The second-order valence-electron chi connectivity index (χ2n) is 6.82. The van der Waals surface area contributed by atoms with E-state index in [1.165, 1.54) is 17.8 Å². The molecule has 0 bridgehead atoms. The van der Waals surface area contributed by atoms with E-state index in [9.17, 15) is 0 Å². The molecule has 0 saturated carbocycles. The highest BCUT2D eigenvalue weighted by Crippen LogP contribution is 2.28. The van der Waals surface area contributed by atoms with Gasteiger partial charge in [-0.2, -0.15) is 0 Å². The van der Waals surface area contributed by atoms with Gasteiger partial charge in [0, 0.05) is 36.3 Å². The molecule has 4 heteroatoms. The average molecular weight is 354 g/mol. The quantitative estimate of drug-likeness (QED) is 0.849. The van der Waals surface area contributed by atoms with Gasteiger partial charge in [-0.25, -0.2) is 0 Å². The van der Waals surface area contributed by atoms with E-state index in [0.717, 1.165) is 36.3 Å². The standard InChI is InChI=1S/C17H28BrN3/c1-13(2)11-21-6-4-17(12-19,5-7-21)20-16-9-14(3)8-15(18)10-16/h8-10,13,20H,4-7,11-12,19H2,1-3H3. The summed E-state index contributed by atoms with van der Waals surface area (Å²) in [6.07, 6.45) is 2.23. The number of piperidine rings is 1. The number of benzene rings is 1. The van der Waals surface area contributed by atoms with Gasteiger partial charge in [0.2, 0.25) is 0 Å². The van der Waals surface area contributed by atoms with Crippen LogP contribution in [0.25, 0.3) is 0 Å². The number of rotatable bonds is 5. The Labute approximate surface area is 137 Å². The molecule has 0 aliphatic carbocycles. The smallest absolute Gasteiger partial charge is 0.0520 e. The van der Waals surface area contributed by atoms with Crippen molar-refractivity contribution in [1.82, 2.24) is 4.90 Å². The minimum absolute atomic E-state index is 0.0424. The lowest BCUT2D eigenvalue weighted by Gasteiger charge is -2.43. The Morgan fingerprint density at radius 2 is 1.95 bits per heavy atom. The highest BCUT2D eigenvalue weighted by atomic mass is 79.9. The van der Waals surface area contributed by atoms with Crippen molar-refractivity contribution in [2.45, 2.75) is 39.2 Å². The summed E-state index contributed by atoms with van der Waals surface area (Å²) in [6, 6.07) is 6.47. The van der Waals surface area contributed by atoms with Crippen LogP contribution >= 0.6 is 15.9 Å². The van der Waals surface area contributed by atoms with E-state index in [0.29, 0.717) is 6.54 Å². The van der Waals surface area contributed by atoms with E-state index in [2.05, 4.69) is 65.1 Å². The lowest BCUT2D eigenvalue weighted by molar-refractivity contribution is 0.161. The van der Waals surface area contributed by atoms with Crippen molar-refractivity contribution in [2.75, 3.05) is 31.5 Å². The summed E-state index contributed by atoms with van der Waals surface area (Å²) in [4.78, 5) is 2.56. The summed E-state index contributed by atoms with van der Waals surface area (Å²) in [5.41, 5.74) is 8.59. The molecule has 0 aromatic heterocycles. The lowest BCUT2D eigenvalue weighted by atomic mass is 9.86. The molecule has 118 valence electrons. The van der Waals surface area contributed by atoms with Crippen LogP contribution in [0.2, 0.25) is 0 Å². The third-order valence-electron chi connectivity index (χ3n) is 4.28. The number of halogens is 1. The van der Waals surface area contributed by atoms with Crippen LogP contribution in [-0.2, 0) is 0 Å². The topological polar surface area (TPSA) is 41.3 Å². The Morgan fingerprint density at radius 3 is 2.48 bits per heavy atom. The number of likely N-dealkylation sites (tertiary alicyclic amines) is 1. The fourth-order valence-electron chi connectivity index (χ4n) is 3.17. The monoisotopic (exact) mass is 353 g/mol. The van der Waals surface area contributed by atoms with E-state index in [1.807, 2.05) is 0 Å². The first kappa shape index (κ1) is 16.8. The van der Waals surface area contributed by atoms with Gasteiger partial charge in [-0.15, -0.1) is 0 Å². The molecular weight excluding hydrogens is 326 g/mol. The number of nitrogens with one attached hydrogen (secondary N) is 1. The molecule has 2 rings (SSSR count). The average Bonchev–Trinajstić information content (AvgIpc) is 2.39. The highest BCUT2D eigenvalue weighted by Gasteiger charge is 2.33. The predicted molar refractivity (Wildman–Crippen MR) is 94.8 cm³/mol. The first-order valence-corrected chi connectivity index (χ1v) is 8.69. The molecule has 1 saturated heterocycles. The number of nitrogens with zero attached hydrogens (tertiary/aromatic N) is 1. The molecular formula is C17H28BrN3. The number of hydrogen-bond acceptors (Lipinski definition) is 3. The van der Waals surface area contributed by atoms with Crippen molar-refractivity contribution < 1.29 is 0 Å². The number of hydrogen-bond donors (Lipinski definition) is 2. The predicted octanol–water partition coefficient (Wildman–Crippen LogP) is 3.62. The molecule has 21 heavy (non-hydrogen) atoms. The zero-order valence-electron chi connectivity index (χ0n) is 13.5. The molecule has 0 amide bonds. The second-order valence-corrected chi connectivity index (χ2v) is 7.74. The van der Waals surface area contributed by atoms with Crippen LogP contribution in [0.4, 0.5) is 5.69 Å². The molecule has 0 spiro atoms. The molecule has 1 fully saturated rings. The summed E-state index contributed by atoms with van der Waals surface area (Å²) in [6.45, 7) is 10.8. The largest absolute Gasteiger partial charge is 0.378 e. The van der Waals surface area contributed by atoms with E-state index in [1.54, 1.807) is 0 Å². The lowest BCUT2D eigenvalue weighted by Crippen LogP contribution is -2.54. The molecule has 1 aliphatic heterocycles. The van der Waals surface area contributed by atoms with Gasteiger partial charge in [0.05, 0.1) is 5.54 Å². The Morgan fingerprint density at radius 1 is 1.29 bits per heavy atom. The van der Waals surface area contributed by atoms with Gasteiger partial charge in [0.15, 0.2) is 0 Å². The third-order valence-corrected chi connectivity index (χ3v) is 4.74. The van der Waals surface area contributed by atoms with Gasteiger partial charge >= 0.3 is 0 Å². The van der Waals surface area contributed by atoms with Crippen LogP contribution in [0.1, 0.15) is 32.3 Å². The van der Waals surface area contributed by atoms with Gasteiger partial charge in [0.25, 0.3) is 0 Å². The van der Waals surface area contributed by atoms with Crippen molar-refractivity contribution in [1.29, 1.82) is 0 Å². The molecule has 1 heterocycles. The van der Waals surface area contributed by atoms with Crippen LogP contribution < -0.4 is 11.1 Å². The minimum Gasteiger partial charge on any atom is -0.378 e. The first-order chi connectivity index (χ1) is 9.92. The Bertz CT molecular complexity index is 445. The fourth-order valence-corrected chi connectivity index (χ4v) is 3.78. The second kappa shape index (κ2) is 7.12. The van der Waals surface area contributed by atoms with Gasteiger partial charge < -0.3 is 16.0 Å². The van der Waals surface area contributed by atoms with E-state index in [-0.39, 0.29) is 5.54 Å². The van der Waals surface area contributed by atoms with Crippen LogP contribution in [-0.4, -0.2) is 36.6 Å². The minimum atomic E-state index is 0.0424. The van der Waals surface area contributed by atoms with Crippen molar-refractivity contribution in [3.63, 3.8) is 0 Å². The molecule has 0 radical (unpaired) electrons. The highest BCUT2D eigenvalue weighted by molar-refractivity contribution is 9.10. The number of aryl methyl sites for hydroxylation is 1. The SMILES string of the molecule is Cc1cc(Br)cc(NC2(CN)CCN(CC(C)C)CC2)c1. The van der Waals surface area contributed by atoms with Gasteiger partial charge in [-0.1, -0.05) is 29.8 Å². The van der Waals surface area contributed by atoms with Gasteiger partial charge in [0.1, 0.15) is 0 Å². The number of nitrogens with two attached hydrogens (primary N) is 1. The van der Waals surface area contributed by atoms with Crippen LogP contribution in [0.3, 0.4) is 0 Å². The third kappa shape index (κ3) is 4.70. The number of anilines is 1. The van der Waals surface area contributed by atoms with E-state index in [4.69, 9.17) is 5.73 Å². The van der Waals surface area contributed by atoms with Crippen molar-refractivity contribution >= 4 is 21.6 Å². The summed E-state index contributed by atoms with van der Waals surface area (Å²) in [5, 5.41) is 3.72. The van der Waals surface area contributed by atoms with Gasteiger partial charge in [-0.05, 0) is 49.4 Å².